The molecule has 2 aliphatic rings. The zero-order valence-electron chi connectivity index (χ0n) is 14.4. The van der Waals surface area contributed by atoms with Crippen molar-refractivity contribution in [2.24, 2.45) is 0 Å². The number of hydrogen-bond donors (Lipinski definition) is 0. The van der Waals surface area contributed by atoms with Crippen LogP contribution >= 0.6 is 0 Å². The van der Waals surface area contributed by atoms with E-state index in [2.05, 4.69) is 6.58 Å². The Balaban J connectivity index is 1.87. The van der Waals surface area contributed by atoms with Gasteiger partial charge in [-0.3, -0.25) is 4.79 Å². The van der Waals surface area contributed by atoms with Crippen LogP contribution in [0.4, 0.5) is 0 Å². The largest absolute Gasteiger partial charge is 0.450 e. The highest BCUT2D eigenvalue weighted by atomic mass is 16.8. The predicted octanol–water partition coefficient (Wildman–Crippen LogP) is 2.16. The molecule has 2 saturated heterocycles. The molecule has 3 atom stereocenters. The molecule has 0 N–H and O–H groups in total. The molecule has 134 valence electrons. The van der Waals surface area contributed by atoms with Crippen molar-refractivity contribution in [1.29, 1.82) is 0 Å². The lowest BCUT2D eigenvalue weighted by Crippen LogP contribution is -2.52. The minimum atomic E-state index is -1.46. The number of rotatable bonds is 6. The number of ketones is 1. The van der Waals surface area contributed by atoms with Crippen molar-refractivity contribution in [3.8, 4) is 0 Å². The molecule has 2 fully saturated rings. The van der Waals surface area contributed by atoms with Crippen LogP contribution in [-0.4, -0.2) is 42.0 Å². The molecule has 1 aromatic carbocycles. The number of Topliss-reactive ketones (excluding diaryl/α,β-unsaturated/α-hetero) is 1. The first kappa shape index (κ1) is 17.8. The van der Waals surface area contributed by atoms with Gasteiger partial charge in [0.15, 0.2) is 17.5 Å². The van der Waals surface area contributed by atoms with Crippen molar-refractivity contribution in [3.63, 3.8) is 0 Å². The molecule has 0 amide bonds. The highest BCUT2D eigenvalue weighted by Gasteiger charge is 2.62. The maximum Gasteiger partial charge on any atom is 0.378 e. The molecule has 2 heterocycles. The number of carbonyl (C=O) groups excluding carboxylic acids is 2. The number of ether oxygens (including phenoxy) is 4. The van der Waals surface area contributed by atoms with E-state index < -0.39 is 35.3 Å². The Morgan fingerprint density at radius 2 is 2.00 bits per heavy atom. The van der Waals surface area contributed by atoms with Crippen LogP contribution in [0.1, 0.15) is 25.8 Å². The molecule has 2 aliphatic heterocycles. The summed E-state index contributed by atoms with van der Waals surface area (Å²) in [5.41, 5.74) is -0.566. The normalized spacial score (nSPS) is 31.1. The summed E-state index contributed by atoms with van der Waals surface area (Å²) in [6.45, 7) is 7.63. The zero-order chi connectivity index (χ0) is 18.1. The maximum atomic E-state index is 12.6. The fourth-order valence-electron chi connectivity index (χ4n) is 3.22. The Morgan fingerprint density at radius 3 is 2.60 bits per heavy atom. The van der Waals surface area contributed by atoms with Crippen molar-refractivity contribution in [3.05, 3.63) is 48.6 Å². The Hall–Kier alpha value is -2.02. The second kappa shape index (κ2) is 6.71. The first-order valence-electron chi connectivity index (χ1n) is 8.24. The average molecular weight is 346 g/mol. The minimum Gasteiger partial charge on any atom is -0.450 e. The van der Waals surface area contributed by atoms with Crippen LogP contribution in [0.25, 0.3) is 0 Å². The summed E-state index contributed by atoms with van der Waals surface area (Å²) in [5, 5.41) is 0. The quantitative estimate of drug-likeness (QED) is 0.447. The third kappa shape index (κ3) is 3.38. The smallest absolute Gasteiger partial charge is 0.378 e. The molecule has 1 aromatic rings. The average Bonchev–Trinajstić information content (AvgIpc) is 3.06. The summed E-state index contributed by atoms with van der Waals surface area (Å²) >= 11 is 0. The first-order valence-corrected chi connectivity index (χ1v) is 8.24. The summed E-state index contributed by atoms with van der Waals surface area (Å²) in [5.74, 6) is -2.42. The van der Waals surface area contributed by atoms with Gasteiger partial charge in [0.05, 0.1) is 13.2 Å². The third-order valence-electron chi connectivity index (χ3n) is 4.42. The van der Waals surface area contributed by atoms with Gasteiger partial charge >= 0.3 is 5.97 Å². The first-order chi connectivity index (χ1) is 11.9. The van der Waals surface area contributed by atoms with E-state index in [0.29, 0.717) is 0 Å². The van der Waals surface area contributed by atoms with Gasteiger partial charge in [0.2, 0.25) is 0 Å². The molecule has 0 radical (unpaired) electrons. The van der Waals surface area contributed by atoms with E-state index in [0.717, 1.165) is 5.56 Å². The van der Waals surface area contributed by atoms with Gasteiger partial charge in [0.1, 0.15) is 6.10 Å². The Morgan fingerprint density at radius 1 is 1.28 bits per heavy atom. The molecule has 3 rings (SSSR count). The van der Waals surface area contributed by atoms with Crippen LogP contribution in [0, 0.1) is 0 Å². The molecular formula is C19H22O6. The monoisotopic (exact) mass is 346 g/mol. The molecule has 25 heavy (non-hydrogen) atoms. The van der Waals surface area contributed by atoms with Crippen molar-refractivity contribution in [1.82, 2.24) is 0 Å². The summed E-state index contributed by atoms with van der Waals surface area (Å²) in [7, 11) is 0. The van der Waals surface area contributed by atoms with Gasteiger partial charge in [-0.05, 0) is 19.4 Å². The number of cyclic esters (lactones) is 1. The number of hydrogen-bond acceptors (Lipinski definition) is 6. The highest BCUT2D eigenvalue weighted by molar-refractivity contribution is 6.39. The Bertz CT molecular complexity index is 668. The zero-order valence-corrected chi connectivity index (χ0v) is 14.4. The van der Waals surface area contributed by atoms with E-state index in [4.69, 9.17) is 18.9 Å². The molecule has 0 saturated carbocycles. The number of carbonyl (C=O) groups is 2. The van der Waals surface area contributed by atoms with E-state index in [9.17, 15) is 9.59 Å². The molecule has 0 bridgehead atoms. The highest BCUT2D eigenvalue weighted by Crippen LogP contribution is 2.39. The van der Waals surface area contributed by atoms with E-state index in [1.54, 1.807) is 19.9 Å². The van der Waals surface area contributed by atoms with Crippen LogP contribution in [0.15, 0.2) is 43.0 Å². The molecule has 6 heteroatoms. The summed E-state index contributed by atoms with van der Waals surface area (Å²) in [6.07, 6.45) is 0.242. The number of benzene rings is 1. The topological polar surface area (TPSA) is 71.1 Å². The van der Waals surface area contributed by atoms with Crippen molar-refractivity contribution < 1.29 is 28.5 Å². The van der Waals surface area contributed by atoms with Crippen molar-refractivity contribution >= 4 is 11.8 Å². The fraction of sp³-hybridized carbons (Fsp3) is 0.474. The third-order valence-corrected chi connectivity index (χ3v) is 4.42. The fourth-order valence-corrected chi connectivity index (χ4v) is 3.22. The summed E-state index contributed by atoms with van der Waals surface area (Å²) in [6, 6.07) is 9.43. The van der Waals surface area contributed by atoms with Crippen LogP contribution in [-0.2, 0) is 35.1 Å². The van der Waals surface area contributed by atoms with E-state index in [-0.39, 0.29) is 19.6 Å². The molecular weight excluding hydrogens is 324 g/mol. The van der Waals surface area contributed by atoms with Gasteiger partial charge in [-0.2, -0.15) is 0 Å². The van der Waals surface area contributed by atoms with Gasteiger partial charge in [0, 0.05) is 6.42 Å². The maximum absolute atomic E-state index is 12.6. The van der Waals surface area contributed by atoms with Gasteiger partial charge in [-0.25, -0.2) is 4.79 Å². The van der Waals surface area contributed by atoms with Gasteiger partial charge in [-0.1, -0.05) is 36.4 Å². The van der Waals surface area contributed by atoms with Crippen molar-refractivity contribution in [2.75, 3.05) is 6.61 Å². The molecule has 0 aliphatic carbocycles. The standard InChI is InChI=1S/C19H22O6/c1-4-10-19(23-11-13-8-6-5-7-9-13)15(20)17(21)24-16(19)14-12-22-18(2,3)25-14/h4-9,14,16H,1,10-12H2,2-3H3. The lowest BCUT2D eigenvalue weighted by molar-refractivity contribution is -0.183. The lowest BCUT2D eigenvalue weighted by atomic mass is 9.87. The van der Waals surface area contributed by atoms with Crippen LogP contribution < -0.4 is 0 Å². The van der Waals surface area contributed by atoms with E-state index in [1.807, 2.05) is 30.3 Å². The van der Waals surface area contributed by atoms with Gasteiger partial charge in [0.25, 0.3) is 5.78 Å². The second-order valence-electron chi connectivity index (χ2n) is 6.68. The number of esters is 1. The minimum absolute atomic E-state index is 0.148. The van der Waals surface area contributed by atoms with E-state index >= 15 is 0 Å². The molecule has 0 spiro atoms. The Labute approximate surface area is 146 Å². The van der Waals surface area contributed by atoms with Crippen LogP contribution in [0.3, 0.4) is 0 Å². The SMILES string of the molecule is C=CCC1(OCc2ccccc2)C(=O)C(=O)OC1C1COC(C)(C)O1. The van der Waals surface area contributed by atoms with Gasteiger partial charge in [-0.15, -0.1) is 6.58 Å². The summed E-state index contributed by atoms with van der Waals surface area (Å²) < 4.78 is 22.7. The van der Waals surface area contributed by atoms with Gasteiger partial charge < -0.3 is 18.9 Å². The van der Waals surface area contributed by atoms with E-state index in [1.165, 1.54) is 0 Å². The van der Waals surface area contributed by atoms with Crippen LogP contribution in [0.2, 0.25) is 0 Å². The predicted molar refractivity (Wildman–Crippen MR) is 88.6 cm³/mol. The Kier molecular flexibility index (Phi) is 4.77. The van der Waals surface area contributed by atoms with Crippen LogP contribution in [0.5, 0.6) is 0 Å². The molecule has 6 nitrogen and oxygen atoms in total. The lowest BCUT2D eigenvalue weighted by Gasteiger charge is -2.33. The second-order valence-corrected chi connectivity index (χ2v) is 6.68. The molecule has 0 aromatic heterocycles. The summed E-state index contributed by atoms with van der Waals surface area (Å²) in [4.78, 5) is 24.6. The van der Waals surface area contributed by atoms with Crippen molar-refractivity contribution in [2.45, 2.75) is 50.5 Å². The molecule has 3 unspecified atom stereocenters.